The van der Waals surface area contributed by atoms with Gasteiger partial charge in [-0.05, 0) is 33.7 Å². The van der Waals surface area contributed by atoms with Crippen molar-refractivity contribution in [3.8, 4) is 0 Å². The van der Waals surface area contributed by atoms with E-state index in [1.807, 2.05) is 0 Å². The van der Waals surface area contributed by atoms with Gasteiger partial charge < -0.3 is 25.8 Å². The third-order valence-corrected chi connectivity index (χ3v) is 3.23. The first-order valence-electron chi connectivity index (χ1n) is 7.26. The molecule has 1 aliphatic heterocycles. The predicted molar refractivity (Wildman–Crippen MR) is 79.2 cm³/mol. The number of carbonyl (C=O) groups excluding carboxylic acids is 2. The molecule has 4 N–H and O–H groups in total. The molecular weight excluding hydrogens is 290 g/mol. The highest BCUT2D eigenvalue weighted by atomic mass is 16.6. The lowest BCUT2D eigenvalue weighted by Gasteiger charge is -2.49. The van der Waals surface area contributed by atoms with Gasteiger partial charge in [-0.1, -0.05) is 0 Å². The summed E-state index contributed by atoms with van der Waals surface area (Å²) in [6, 6.07) is 0. The maximum absolute atomic E-state index is 11.9. The zero-order valence-electron chi connectivity index (χ0n) is 13.3. The van der Waals surface area contributed by atoms with Crippen molar-refractivity contribution in [2.75, 3.05) is 19.6 Å². The molecule has 0 aromatic heterocycles. The van der Waals surface area contributed by atoms with Gasteiger partial charge >= 0.3 is 12.1 Å². The molecule has 1 rings (SSSR count). The number of ether oxygens (including phenoxy) is 1. The smallest absolute Gasteiger partial charge is 0.410 e. The van der Waals surface area contributed by atoms with Gasteiger partial charge in [-0.2, -0.15) is 0 Å². The fourth-order valence-electron chi connectivity index (χ4n) is 2.33. The van der Waals surface area contributed by atoms with Crippen molar-refractivity contribution in [2.45, 2.75) is 51.2 Å². The molecule has 126 valence electrons. The fourth-order valence-corrected chi connectivity index (χ4v) is 2.33. The van der Waals surface area contributed by atoms with Crippen LogP contribution in [-0.4, -0.2) is 58.8 Å². The number of carboxylic acid groups (broad SMARTS) is 1. The number of carboxylic acids is 1. The molecule has 22 heavy (non-hydrogen) atoms. The molecule has 0 atom stereocenters. The molecule has 0 spiro atoms. The van der Waals surface area contributed by atoms with Gasteiger partial charge in [0.15, 0.2) is 0 Å². The third-order valence-electron chi connectivity index (χ3n) is 3.23. The second-order valence-corrected chi connectivity index (χ2v) is 6.68. The van der Waals surface area contributed by atoms with E-state index < -0.39 is 29.1 Å². The number of nitrogens with two attached hydrogens (primary N) is 1. The SMILES string of the molecule is CC(C)(C)OC(=O)N1CC(CC(=O)O)(NCCCC(N)=O)C1. The Morgan fingerprint density at radius 2 is 1.91 bits per heavy atom. The topological polar surface area (TPSA) is 122 Å². The standard InChI is InChI=1S/C14H25N3O5/c1-13(2,3)22-12(21)17-8-14(9-17,7-11(19)20)16-6-4-5-10(15)18/h16H,4-9H2,1-3H3,(H2,15,18)(H,19,20). The van der Waals surface area contributed by atoms with Gasteiger partial charge in [-0.3, -0.25) is 9.59 Å². The number of primary amides is 1. The molecule has 2 amide bonds. The third kappa shape index (κ3) is 5.88. The second kappa shape index (κ2) is 6.95. The van der Waals surface area contributed by atoms with Crippen LogP contribution in [0, 0.1) is 0 Å². The number of hydrogen-bond acceptors (Lipinski definition) is 5. The summed E-state index contributed by atoms with van der Waals surface area (Å²) in [7, 11) is 0. The normalized spacial score (nSPS) is 16.8. The van der Waals surface area contributed by atoms with E-state index in [1.165, 1.54) is 4.90 Å². The van der Waals surface area contributed by atoms with Crippen LogP contribution >= 0.6 is 0 Å². The van der Waals surface area contributed by atoms with Crippen LogP contribution < -0.4 is 11.1 Å². The van der Waals surface area contributed by atoms with Crippen LogP contribution in [0.4, 0.5) is 4.79 Å². The highest BCUT2D eigenvalue weighted by Crippen LogP contribution is 2.26. The molecule has 0 radical (unpaired) electrons. The van der Waals surface area contributed by atoms with E-state index >= 15 is 0 Å². The Balaban J connectivity index is 2.50. The molecule has 1 heterocycles. The molecule has 0 saturated carbocycles. The average Bonchev–Trinajstić information content (AvgIpc) is 2.26. The van der Waals surface area contributed by atoms with Crippen LogP contribution in [-0.2, 0) is 14.3 Å². The largest absolute Gasteiger partial charge is 0.481 e. The molecule has 0 unspecified atom stereocenters. The lowest BCUT2D eigenvalue weighted by atomic mass is 9.86. The van der Waals surface area contributed by atoms with E-state index in [0.29, 0.717) is 13.0 Å². The monoisotopic (exact) mass is 315 g/mol. The number of amides is 2. The zero-order chi connectivity index (χ0) is 17.0. The lowest BCUT2D eigenvalue weighted by molar-refractivity contribution is -0.141. The number of carbonyl (C=O) groups is 3. The van der Waals surface area contributed by atoms with E-state index in [0.717, 1.165) is 0 Å². The molecule has 0 bridgehead atoms. The second-order valence-electron chi connectivity index (χ2n) is 6.68. The lowest BCUT2D eigenvalue weighted by Crippen LogP contribution is -2.71. The minimum absolute atomic E-state index is 0.0944. The van der Waals surface area contributed by atoms with Crippen molar-refractivity contribution in [2.24, 2.45) is 5.73 Å². The van der Waals surface area contributed by atoms with Crippen LogP contribution in [0.5, 0.6) is 0 Å². The van der Waals surface area contributed by atoms with Gasteiger partial charge in [0.2, 0.25) is 5.91 Å². The number of rotatable bonds is 7. The highest BCUT2D eigenvalue weighted by Gasteiger charge is 2.47. The van der Waals surface area contributed by atoms with Gasteiger partial charge in [0.05, 0.1) is 12.0 Å². The maximum Gasteiger partial charge on any atom is 0.410 e. The van der Waals surface area contributed by atoms with Crippen molar-refractivity contribution < 1.29 is 24.2 Å². The van der Waals surface area contributed by atoms with Crippen LogP contribution in [0.25, 0.3) is 0 Å². The number of hydrogen-bond donors (Lipinski definition) is 3. The Kier molecular flexibility index (Phi) is 5.76. The summed E-state index contributed by atoms with van der Waals surface area (Å²) >= 11 is 0. The Hall–Kier alpha value is -1.83. The molecule has 8 heteroatoms. The van der Waals surface area contributed by atoms with Gasteiger partial charge in [0, 0.05) is 19.5 Å². The molecule has 1 saturated heterocycles. The molecule has 0 aromatic carbocycles. The molecule has 1 aliphatic rings. The van der Waals surface area contributed by atoms with Gasteiger partial charge in [-0.25, -0.2) is 4.79 Å². The molecule has 0 aliphatic carbocycles. The highest BCUT2D eigenvalue weighted by molar-refractivity contribution is 5.74. The van der Waals surface area contributed by atoms with Crippen molar-refractivity contribution in [1.82, 2.24) is 10.2 Å². The Labute approximate surface area is 130 Å². The minimum Gasteiger partial charge on any atom is -0.481 e. The van der Waals surface area contributed by atoms with Crippen molar-refractivity contribution in [1.29, 1.82) is 0 Å². The number of nitrogens with one attached hydrogen (secondary N) is 1. The summed E-state index contributed by atoms with van der Waals surface area (Å²) in [6.45, 7) is 6.33. The van der Waals surface area contributed by atoms with Gasteiger partial charge in [0.1, 0.15) is 5.60 Å². The number of aliphatic carboxylic acids is 1. The summed E-state index contributed by atoms with van der Waals surface area (Å²) < 4.78 is 5.25. The van der Waals surface area contributed by atoms with Crippen LogP contribution in [0.2, 0.25) is 0 Å². The van der Waals surface area contributed by atoms with E-state index in [2.05, 4.69) is 5.32 Å². The first kappa shape index (κ1) is 18.2. The number of likely N-dealkylation sites (tertiary alicyclic amines) is 1. The first-order chi connectivity index (χ1) is 10.0. The van der Waals surface area contributed by atoms with E-state index in [-0.39, 0.29) is 25.9 Å². The van der Waals surface area contributed by atoms with E-state index in [4.69, 9.17) is 15.6 Å². The zero-order valence-corrected chi connectivity index (χ0v) is 13.3. The van der Waals surface area contributed by atoms with Crippen LogP contribution in [0.3, 0.4) is 0 Å². The Morgan fingerprint density at radius 1 is 1.32 bits per heavy atom. The molecule has 8 nitrogen and oxygen atoms in total. The summed E-state index contributed by atoms with van der Waals surface area (Å²) in [5.41, 5.74) is 3.81. The molecule has 1 fully saturated rings. The van der Waals surface area contributed by atoms with E-state index in [9.17, 15) is 14.4 Å². The molecule has 0 aromatic rings. The summed E-state index contributed by atoms with van der Waals surface area (Å²) in [5, 5.41) is 12.2. The van der Waals surface area contributed by atoms with E-state index in [1.54, 1.807) is 20.8 Å². The maximum atomic E-state index is 11.9. The predicted octanol–water partition coefficient (Wildman–Crippen LogP) is 0.306. The molecular formula is C14H25N3O5. The van der Waals surface area contributed by atoms with Crippen LogP contribution in [0.15, 0.2) is 0 Å². The van der Waals surface area contributed by atoms with Crippen LogP contribution in [0.1, 0.15) is 40.0 Å². The summed E-state index contributed by atoms with van der Waals surface area (Å²) in [4.78, 5) is 35.1. The fraction of sp³-hybridized carbons (Fsp3) is 0.786. The number of nitrogens with zero attached hydrogens (tertiary/aromatic N) is 1. The van der Waals surface area contributed by atoms with Crippen molar-refractivity contribution >= 4 is 18.0 Å². The van der Waals surface area contributed by atoms with Gasteiger partial charge in [-0.15, -0.1) is 0 Å². The average molecular weight is 315 g/mol. The van der Waals surface area contributed by atoms with Crippen molar-refractivity contribution in [3.63, 3.8) is 0 Å². The first-order valence-corrected chi connectivity index (χ1v) is 7.26. The Bertz CT molecular complexity index is 438. The van der Waals surface area contributed by atoms with Crippen molar-refractivity contribution in [3.05, 3.63) is 0 Å². The van der Waals surface area contributed by atoms with Gasteiger partial charge in [0.25, 0.3) is 0 Å². The Morgan fingerprint density at radius 3 is 2.36 bits per heavy atom. The minimum atomic E-state index is -0.939. The summed E-state index contributed by atoms with van der Waals surface area (Å²) in [6.07, 6.45) is 0.227. The summed E-state index contributed by atoms with van der Waals surface area (Å²) in [5.74, 6) is -1.33. The quantitative estimate of drug-likeness (QED) is 0.581.